The summed E-state index contributed by atoms with van der Waals surface area (Å²) in [5, 5.41) is 0. The lowest BCUT2D eigenvalue weighted by Gasteiger charge is -2.17. The average Bonchev–Trinajstić information content (AvgIpc) is 2.73. The van der Waals surface area contributed by atoms with Gasteiger partial charge in [-0.25, -0.2) is 0 Å². The van der Waals surface area contributed by atoms with Gasteiger partial charge >= 0.3 is 0 Å². The molecule has 0 unspecified atom stereocenters. The predicted molar refractivity (Wildman–Crippen MR) is 118 cm³/mol. The molecule has 0 aliphatic carbocycles. The van der Waals surface area contributed by atoms with E-state index < -0.39 is 0 Å². The van der Waals surface area contributed by atoms with Gasteiger partial charge in [-0.1, -0.05) is 73.7 Å². The number of likely N-dealkylation sites (N-methyl/N-ethyl adjacent to an activating group) is 1. The Labute approximate surface area is 169 Å². The first-order valence-corrected chi connectivity index (χ1v) is 9.82. The molecule has 143 valence electrons. The van der Waals surface area contributed by atoms with Crippen LogP contribution in [0.5, 0.6) is 5.75 Å². The van der Waals surface area contributed by atoms with Gasteiger partial charge in [0.05, 0.1) is 0 Å². The number of rotatable bonds is 8. The second-order valence-electron chi connectivity index (χ2n) is 7.04. The summed E-state index contributed by atoms with van der Waals surface area (Å²) < 4.78 is 5.87. The van der Waals surface area contributed by atoms with E-state index in [-0.39, 0.29) is 0 Å². The summed E-state index contributed by atoms with van der Waals surface area (Å²) in [7, 11) is 4.10. The highest BCUT2D eigenvalue weighted by molar-refractivity contribution is 5.98. The van der Waals surface area contributed by atoms with Crippen LogP contribution in [0.1, 0.15) is 30.0 Å². The van der Waals surface area contributed by atoms with E-state index in [2.05, 4.69) is 98.7 Å². The van der Waals surface area contributed by atoms with Crippen LogP contribution in [-0.4, -0.2) is 32.1 Å². The second-order valence-corrected chi connectivity index (χ2v) is 7.04. The van der Waals surface area contributed by atoms with Gasteiger partial charge in [-0.15, -0.1) is 0 Å². The lowest BCUT2D eigenvalue weighted by molar-refractivity contribution is 0.261. The van der Waals surface area contributed by atoms with E-state index in [0.717, 1.165) is 18.7 Å². The van der Waals surface area contributed by atoms with E-state index >= 15 is 0 Å². The molecule has 0 heterocycles. The molecule has 0 N–H and O–H groups in total. The Morgan fingerprint density at radius 2 is 1.46 bits per heavy atom. The number of allylic oxidation sites excluding steroid dienone is 1. The van der Waals surface area contributed by atoms with Crippen molar-refractivity contribution in [2.24, 2.45) is 0 Å². The number of benzene rings is 3. The zero-order valence-electron chi connectivity index (χ0n) is 17.0. The highest BCUT2D eigenvalue weighted by Gasteiger charge is 2.13. The molecule has 0 saturated heterocycles. The van der Waals surface area contributed by atoms with Crippen molar-refractivity contribution in [3.63, 3.8) is 0 Å². The van der Waals surface area contributed by atoms with E-state index in [4.69, 9.17) is 4.74 Å². The fraction of sp³-hybridized carbons (Fsp3) is 0.231. The Balaban J connectivity index is 2.00. The summed E-state index contributed by atoms with van der Waals surface area (Å²) in [4.78, 5) is 2.12. The summed E-state index contributed by atoms with van der Waals surface area (Å²) in [6.45, 7) is 3.81. The van der Waals surface area contributed by atoms with Gasteiger partial charge in [0.15, 0.2) is 0 Å². The Morgan fingerprint density at radius 3 is 2.07 bits per heavy atom. The largest absolute Gasteiger partial charge is 0.492 e. The smallest absolute Gasteiger partial charge is 0.119 e. The molecule has 0 aliphatic heterocycles. The molecule has 0 bridgehead atoms. The summed E-state index contributed by atoms with van der Waals surface area (Å²) >= 11 is 0. The third-order valence-electron chi connectivity index (χ3n) is 4.73. The monoisotopic (exact) mass is 370 g/mol. The third kappa shape index (κ3) is 5.11. The van der Waals surface area contributed by atoms with E-state index in [0.29, 0.717) is 6.61 Å². The van der Waals surface area contributed by atoms with Crippen LogP contribution in [0.2, 0.25) is 0 Å². The molecule has 0 spiro atoms. The fourth-order valence-electron chi connectivity index (χ4n) is 3.30. The van der Waals surface area contributed by atoms with E-state index in [1.54, 1.807) is 0 Å². The van der Waals surface area contributed by atoms with Crippen molar-refractivity contribution in [2.75, 3.05) is 27.2 Å². The molecule has 3 aromatic rings. The molecule has 0 fully saturated rings. The zero-order chi connectivity index (χ0) is 19.8. The Bertz CT molecular complexity index is 881. The highest BCUT2D eigenvalue weighted by atomic mass is 16.5. The van der Waals surface area contributed by atoms with Crippen LogP contribution in [0, 0.1) is 6.07 Å². The quantitative estimate of drug-likeness (QED) is 0.465. The van der Waals surface area contributed by atoms with Crippen molar-refractivity contribution in [1.29, 1.82) is 0 Å². The van der Waals surface area contributed by atoms with E-state index in [9.17, 15) is 0 Å². The summed E-state index contributed by atoms with van der Waals surface area (Å²) in [5.74, 6) is 0.907. The van der Waals surface area contributed by atoms with Crippen molar-refractivity contribution in [1.82, 2.24) is 4.90 Å². The van der Waals surface area contributed by atoms with E-state index in [1.165, 1.54) is 27.8 Å². The number of ether oxygens (including phenoxy) is 1. The van der Waals surface area contributed by atoms with Crippen molar-refractivity contribution >= 4 is 11.1 Å². The van der Waals surface area contributed by atoms with Crippen molar-refractivity contribution in [3.05, 3.63) is 102 Å². The maximum atomic E-state index is 5.87. The van der Waals surface area contributed by atoms with Gasteiger partial charge in [-0.05, 0) is 66.6 Å². The lowest BCUT2D eigenvalue weighted by atomic mass is 9.88. The van der Waals surface area contributed by atoms with Crippen LogP contribution in [0.3, 0.4) is 0 Å². The molecule has 0 aromatic heterocycles. The summed E-state index contributed by atoms with van der Waals surface area (Å²) in [5.41, 5.74) is 6.28. The van der Waals surface area contributed by atoms with Crippen LogP contribution in [0.4, 0.5) is 0 Å². The summed E-state index contributed by atoms with van der Waals surface area (Å²) in [6, 6.07) is 30.5. The SMILES string of the molecule is CCC(=C(c1cc[c]cc1)c1ccc(OCCN(C)C)cc1)c1ccccc1. The topological polar surface area (TPSA) is 12.5 Å². The first kappa shape index (κ1) is 19.9. The predicted octanol–water partition coefficient (Wildman–Crippen LogP) is 5.80. The number of nitrogens with zero attached hydrogens (tertiary/aromatic N) is 1. The maximum absolute atomic E-state index is 5.87. The third-order valence-corrected chi connectivity index (χ3v) is 4.73. The van der Waals surface area contributed by atoms with Crippen LogP contribution < -0.4 is 4.74 Å². The maximum Gasteiger partial charge on any atom is 0.119 e. The lowest BCUT2D eigenvalue weighted by Crippen LogP contribution is -2.19. The van der Waals surface area contributed by atoms with E-state index in [1.807, 2.05) is 12.1 Å². The molecule has 28 heavy (non-hydrogen) atoms. The van der Waals surface area contributed by atoms with Crippen LogP contribution >= 0.6 is 0 Å². The van der Waals surface area contributed by atoms with Crippen LogP contribution in [-0.2, 0) is 0 Å². The molecule has 3 aromatic carbocycles. The number of hydrogen-bond donors (Lipinski definition) is 0. The minimum atomic E-state index is 0.688. The van der Waals surface area contributed by atoms with Gasteiger partial charge in [-0.3, -0.25) is 0 Å². The van der Waals surface area contributed by atoms with Crippen molar-refractivity contribution in [2.45, 2.75) is 13.3 Å². The van der Waals surface area contributed by atoms with Gasteiger partial charge in [0, 0.05) is 6.54 Å². The first-order valence-electron chi connectivity index (χ1n) is 9.82. The van der Waals surface area contributed by atoms with Gasteiger partial charge in [0.25, 0.3) is 0 Å². The molecule has 2 heteroatoms. The molecular weight excluding hydrogens is 342 g/mol. The van der Waals surface area contributed by atoms with Gasteiger partial charge in [0.2, 0.25) is 0 Å². The van der Waals surface area contributed by atoms with Gasteiger partial charge < -0.3 is 9.64 Å². The van der Waals surface area contributed by atoms with Gasteiger partial charge in [-0.2, -0.15) is 0 Å². The highest BCUT2D eigenvalue weighted by Crippen LogP contribution is 2.34. The Hall–Kier alpha value is -2.84. The minimum absolute atomic E-state index is 0.688. The molecule has 0 amide bonds. The molecule has 0 saturated carbocycles. The standard InChI is InChI=1S/C26H28NO/c1-4-25(21-11-7-5-8-12-21)26(22-13-9-6-10-14-22)23-15-17-24(18-16-23)28-20-19-27(2)3/h5,7-18H,4,19-20H2,1-3H3. The van der Waals surface area contributed by atoms with Gasteiger partial charge in [0.1, 0.15) is 12.4 Å². The second kappa shape index (κ2) is 9.91. The molecule has 1 radical (unpaired) electrons. The Kier molecular flexibility index (Phi) is 7.05. The normalized spacial score (nSPS) is 12.0. The molecule has 2 nitrogen and oxygen atoms in total. The number of hydrogen-bond acceptors (Lipinski definition) is 2. The minimum Gasteiger partial charge on any atom is -0.492 e. The van der Waals surface area contributed by atoms with Crippen molar-refractivity contribution in [3.8, 4) is 5.75 Å². The van der Waals surface area contributed by atoms with Crippen LogP contribution in [0.15, 0.2) is 78.9 Å². The Morgan fingerprint density at radius 1 is 0.821 bits per heavy atom. The first-order chi connectivity index (χ1) is 13.7. The molecular formula is C26H28NO. The zero-order valence-corrected chi connectivity index (χ0v) is 17.0. The fourth-order valence-corrected chi connectivity index (χ4v) is 3.30. The average molecular weight is 371 g/mol. The molecule has 0 atom stereocenters. The molecule has 0 aliphatic rings. The van der Waals surface area contributed by atoms with Crippen LogP contribution in [0.25, 0.3) is 11.1 Å². The molecule has 3 rings (SSSR count). The summed E-state index contributed by atoms with van der Waals surface area (Å²) in [6.07, 6.45) is 0.957. The van der Waals surface area contributed by atoms with Crippen molar-refractivity contribution < 1.29 is 4.74 Å².